The third kappa shape index (κ3) is 5.88. The Morgan fingerprint density at radius 2 is 2.15 bits per heavy atom. The SMILES string of the molecule is CCOc1ccc(CN(C)C(=NC)NCC(C)N2CCOCC2C)cc1. The summed E-state index contributed by atoms with van der Waals surface area (Å²) in [6, 6.07) is 9.14. The van der Waals surface area contributed by atoms with Crippen LogP contribution in [0.5, 0.6) is 5.75 Å². The lowest BCUT2D eigenvalue weighted by molar-refractivity contribution is -0.0175. The standard InChI is InChI=1S/C20H34N4O2/c1-6-26-19-9-7-18(8-10-19)14-23(5)20(21-4)22-13-16(2)24-11-12-25-15-17(24)3/h7-10,16-17H,6,11-15H2,1-5H3,(H,21,22). The van der Waals surface area contributed by atoms with E-state index in [1.54, 1.807) is 0 Å². The molecule has 0 spiro atoms. The Hall–Kier alpha value is -1.79. The van der Waals surface area contributed by atoms with Crippen LogP contribution >= 0.6 is 0 Å². The first-order chi connectivity index (χ1) is 12.5. The molecule has 2 atom stereocenters. The average Bonchev–Trinajstić information content (AvgIpc) is 2.64. The summed E-state index contributed by atoms with van der Waals surface area (Å²) < 4.78 is 11.0. The van der Waals surface area contributed by atoms with Crippen molar-refractivity contribution in [3.8, 4) is 5.75 Å². The van der Waals surface area contributed by atoms with Gasteiger partial charge in [-0.3, -0.25) is 9.89 Å². The van der Waals surface area contributed by atoms with Crippen LogP contribution in [0, 0.1) is 0 Å². The molecule has 1 saturated heterocycles. The lowest BCUT2D eigenvalue weighted by Gasteiger charge is -2.38. The molecule has 1 fully saturated rings. The maximum atomic E-state index is 5.53. The van der Waals surface area contributed by atoms with E-state index >= 15 is 0 Å². The molecule has 1 N–H and O–H groups in total. The summed E-state index contributed by atoms with van der Waals surface area (Å²) in [7, 11) is 3.90. The molecule has 0 amide bonds. The van der Waals surface area contributed by atoms with Crippen LogP contribution in [0.3, 0.4) is 0 Å². The van der Waals surface area contributed by atoms with E-state index in [0.717, 1.165) is 44.6 Å². The van der Waals surface area contributed by atoms with Gasteiger partial charge in [-0.15, -0.1) is 0 Å². The summed E-state index contributed by atoms with van der Waals surface area (Å²) >= 11 is 0. The molecule has 0 radical (unpaired) electrons. The molecule has 1 heterocycles. The first-order valence-electron chi connectivity index (χ1n) is 9.52. The summed E-state index contributed by atoms with van der Waals surface area (Å²) in [5, 5.41) is 3.51. The normalized spacial score (nSPS) is 19.9. The van der Waals surface area contributed by atoms with Crippen LogP contribution in [0.15, 0.2) is 29.3 Å². The smallest absolute Gasteiger partial charge is 0.193 e. The third-order valence-electron chi connectivity index (χ3n) is 4.77. The van der Waals surface area contributed by atoms with E-state index in [4.69, 9.17) is 9.47 Å². The highest BCUT2D eigenvalue weighted by Gasteiger charge is 2.23. The van der Waals surface area contributed by atoms with E-state index in [2.05, 4.69) is 53.1 Å². The van der Waals surface area contributed by atoms with Gasteiger partial charge in [0.15, 0.2) is 5.96 Å². The molecule has 2 unspecified atom stereocenters. The zero-order chi connectivity index (χ0) is 18.9. The molecule has 0 aromatic heterocycles. The number of nitrogens with zero attached hydrogens (tertiary/aromatic N) is 3. The van der Waals surface area contributed by atoms with Crippen molar-refractivity contribution in [1.29, 1.82) is 0 Å². The topological polar surface area (TPSA) is 49.3 Å². The molecule has 1 aromatic carbocycles. The van der Waals surface area contributed by atoms with E-state index in [1.807, 2.05) is 26.1 Å². The van der Waals surface area contributed by atoms with Gasteiger partial charge in [0.25, 0.3) is 0 Å². The lowest BCUT2D eigenvalue weighted by Crippen LogP contribution is -2.53. The predicted octanol–water partition coefficient (Wildman–Crippen LogP) is 2.20. The largest absolute Gasteiger partial charge is 0.494 e. The number of rotatable bonds is 7. The van der Waals surface area contributed by atoms with Crippen molar-refractivity contribution in [2.75, 3.05) is 47.0 Å². The van der Waals surface area contributed by atoms with Gasteiger partial charge in [0.05, 0.1) is 19.8 Å². The van der Waals surface area contributed by atoms with Crippen LogP contribution in [0.25, 0.3) is 0 Å². The number of aliphatic imine (C=N–C) groups is 1. The molecule has 6 nitrogen and oxygen atoms in total. The van der Waals surface area contributed by atoms with E-state index < -0.39 is 0 Å². The van der Waals surface area contributed by atoms with Gasteiger partial charge in [-0.2, -0.15) is 0 Å². The molecule has 0 saturated carbocycles. The van der Waals surface area contributed by atoms with E-state index in [-0.39, 0.29) is 0 Å². The summed E-state index contributed by atoms with van der Waals surface area (Å²) in [5.41, 5.74) is 1.23. The van der Waals surface area contributed by atoms with Crippen molar-refractivity contribution < 1.29 is 9.47 Å². The quantitative estimate of drug-likeness (QED) is 0.595. The fraction of sp³-hybridized carbons (Fsp3) is 0.650. The maximum absolute atomic E-state index is 5.53. The lowest BCUT2D eigenvalue weighted by atomic mass is 10.2. The minimum Gasteiger partial charge on any atom is -0.494 e. The minimum atomic E-state index is 0.435. The van der Waals surface area contributed by atoms with Crippen LogP contribution in [0.2, 0.25) is 0 Å². The molecule has 1 aliphatic heterocycles. The van der Waals surface area contributed by atoms with Crippen molar-refractivity contribution in [3.05, 3.63) is 29.8 Å². The average molecular weight is 363 g/mol. The fourth-order valence-corrected chi connectivity index (χ4v) is 3.34. The van der Waals surface area contributed by atoms with Gasteiger partial charge >= 0.3 is 0 Å². The van der Waals surface area contributed by atoms with Gasteiger partial charge in [0.2, 0.25) is 0 Å². The van der Waals surface area contributed by atoms with Gasteiger partial charge in [-0.05, 0) is 38.5 Å². The van der Waals surface area contributed by atoms with Crippen LogP contribution in [0.4, 0.5) is 0 Å². The minimum absolute atomic E-state index is 0.435. The van der Waals surface area contributed by atoms with Crippen molar-refractivity contribution in [3.63, 3.8) is 0 Å². The summed E-state index contributed by atoms with van der Waals surface area (Å²) in [6.07, 6.45) is 0. The Kier molecular flexibility index (Phi) is 8.19. The molecule has 0 bridgehead atoms. The second-order valence-electron chi connectivity index (χ2n) is 6.87. The second kappa shape index (κ2) is 10.4. The number of benzene rings is 1. The number of hydrogen-bond donors (Lipinski definition) is 1. The molecule has 1 aromatic rings. The van der Waals surface area contributed by atoms with Gasteiger partial charge in [-0.25, -0.2) is 0 Å². The molecule has 6 heteroatoms. The van der Waals surface area contributed by atoms with Crippen molar-refractivity contribution in [2.45, 2.75) is 39.4 Å². The van der Waals surface area contributed by atoms with Gasteiger partial charge in [0, 0.05) is 45.8 Å². The van der Waals surface area contributed by atoms with Gasteiger partial charge < -0.3 is 19.7 Å². The Morgan fingerprint density at radius 3 is 2.77 bits per heavy atom. The fourth-order valence-electron chi connectivity index (χ4n) is 3.34. The summed E-state index contributed by atoms with van der Waals surface area (Å²) in [6.45, 7) is 11.5. The van der Waals surface area contributed by atoms with Crippen LogP contribution in [0.1, 0.15) is 26.3 Å². The Morgan fingerprint density at radius 1 is 1.42 bits per heavy atom. The number of guanidine groups is 1. The molecule has 26 heavy (non-hydrogen) atoms. The number of ether oxygens (including phenoxy) is 2. The highest BCUT2D eigenvalue weighted by Crippen LogP contribution is 2.13. The molecular formula is C20H34N4O2. The maximum Gasteiger partial charge on any atom is 0.193 e. The Balaban J connectivity index is 1.85. The zero-order valence-corrected chi connectivity index (χ0v) is 16.9. The summed E-state index contributed by atoms with van der Waals surface area (Å²) in [5.74, 6) is 1.82. The Labute approximate surface area is 158 Å². The van der Waals surface area contributed by atoms with Crippen molar-refractivity contribution in [2.24, 2.45) is 4.99 Å². The van der Waals surface area contributed by atoms with E-state index in [1.165, 1.54) is 5.56 Å². The van der Waals surface area contributed by atoms with E-state index in [0.29, 0.717) is 18.7 Å². The van der Waals surface area contributed by atoms with Gasteiger partial charge in [-0.1, -0.05) is 12.1 Å². The third-order valence-corrected chi connectivity index (χ3v) is 4.77. The summed E-state index contributed by atoms with van der Waals surface area (Å²) in [4.78, 5) is 9.07. The number of hydrogen-bond acceptors (Lipinski definition) is 4. The molecule has 2 rings (SSSR count). The number of morpholine rings is 1. The first kappa shape index (κ1) is 20.5. The number of nitrogens with one attached hydrogen (secondary N) is 1. The molecule has 1 aliphatic rings. The van der Waals surface area contributed by atoms with Crippen molar-refractivity contribution in [1.82, 2.24) is 15.1 Å². The highest BCUT2D eigenvalue weighted by atomic mass is 16.5. The highest BCUT2D eigenvalue weighted by molar-refractivity contribution is 5.79. The van der Waals surface area contributed by atoms with Crippen LogP contribution < -0.4 is 10.1 Å². The molecule has 0 aliphatic carbocycles. The van der Waals surface area contributed by atoms with Crippen LogP contribution in [-0.4, -0.2) is 74.8 Å². The Bertz CT molecular complexity index is 561. The van der Waals surface area contributed by atoms with Crippen LogP contribution in [-0.2, 0) is 11.3 Å². The van der Waals surface area contributed by atoms with Gasteiger partial charge in [0.1, 0.15) is 5.75 Å². The monoisotopic (exact) mass is 362 g/mol. The molecule has 146 valence electrons. The molecular weight excluding hydrogens is 328 g/mol. The zero-order valence-electron chi connectivity index (χ0n) is 16.9. The van der Waals surface area contributed by atoms with E-state index in [9.17, 15) is 0 Å². The first-order valence-corrected chi connectivity index (χ1v) is 9.52. The van der Waals surface area contributed by atoms with Crippen molar-refractivity contribution >= 4 is 5.96 Å². The predicted molar refractivity (Wildman–Crippen MR) is 107 cm³/mol. The second-order valence-corrected chi connectivity index (χ2v) is 6.87.